The molecule has 4 heterocycles. The number of nitrogens with zero attached hydrogens (tertiary/aromatic N) is 9. The maximum absolute atomic E-state index is 13.7. The van der Waals surface area contributed by atoms with Crippen LogP contribution in [0.2, 0.25) is 0 Å². The SMILES string of the molecule is C.CCn1nc(C)cc1C(=O)Nc1nc2cc(C(N)=O)cc(OC)c2n1C/C=C/Cn1c(NC(=O)c2cc(C)nn2CC)nc2cc(C(N)=O)cc(OCCCN(C)C)c21. The number of hydrogen-bond donors (Lipinski definition) is 4. The lowest BCUT2D eigenvalue weighted by atomic mass is 10.1. The molecule has 60 heavy (non-hydrogen) atoms. The first-order valence-corrected chi connectivity index (χ1v) is 19.1. The van der Waals surface area contributed by atoms with Crippen molar-refractivity contribution in [3.05, 3.63) is 82.5 Å². The van der Waals surface area contributed by atoms with Gasteiger partial charge in [-0.2, -0.15) is 10.2 Å². The number of anilines is 2. The molecule has 19 nitrogen and oxygen atoms in total. The van der Waals surface area contributed by atoms with Gasteiger partial charge in [0, 0.05) is 43.9 Å². The van der Waals surface area contributed by atoms with Crippen molar-refractivity contribution in [1.82, 2.24) is 43.6 Å². The monoisotopic (exact) mass is 823 g/mol. The number of methoxy groups -OCH3 is 1. The van der Waals surface area contributed by atoms with E-state index < -0.39 is 23.6 Å². The predicted molar refractivity (Wildman–Crippen MR) is 229 cm³/mol. The Morgan fingerprint density at radius 3 is 1.60 bits per heavy atom. The van der Waals surface area contributed by atoms with Gasteiger partial charge in [-0.25, -0.2) is 9.97 Å². The molecule has 0 bridgehead atoms. The van der Waals surface area contributed by atoms with Crippen LogP contribution < -0.4 is 31.6 Å². The van der Waals surface area contributed by atoms with Crippen molar-refractivity contribution in [2.75, 3.05) is 45.0 Å². The first-order valence-electron chi connectivity index (χ1n) is 19.1. The second-order valence-electron chi connectivity index (χ2n) is 14.1. The minimum Gasteiger partial charge on any atom is -0.494 e. The number of carbonyl (C=O) groups is 4. The molecule has 0 aliphatic carbocycles. The topological polar surface area (TPSA) is 237 Å². The van der Waals surface area contributed by atoms with Gasteiger partial charge >= 0.3 is 0 Å². The minimum atomic E-state index is -0.665. The van der Waals surface area contributed by atoms with Gasteiger partial charge in [-0.3, -0.25) is 39.2 Å². The summed E-state index contributed by atoms with van der Waals surface area (Å²) in [6.07, 6.45) is 4.41. The molecule has 6 N–H and O–H groups in total. The van der Waals surface area contributed by atoms with Crippen molar-refractivity contribution < 1.29 is 28.7 Å². The van der Waals surface area contributed by atoms with Crippen molar-refractivity contribution in [3.8, 4) is 11.5 Å². The summed E-state index contributed by atoms with van der Waals surface area (Å²) in [5, 5.41) is 14.7. The first-order chi connectivity index (χ1) is 28.2. The lowest BCUT2D eigenvalue weighted by Crippen LogP contribution is -2.20. The number of allylic oxidation sites excluding steroid dienone is 2. The van der Waals surface area contributed by atoms with Crippen LogP contribution in [0.4, 0.5) is 11.9 Å². The van der Waals surface area contributed by atoms with Gasteiger partial charge in [0.05, 0.1) is 36.1 Å². The summed E-state index contributed by atoms with van der Waals surface area (Å²) in [6.45, 7) is 9.80. The summed E-state index contributed by atoms with van der Waals surface area (Å²) < 4.78 is 18.7. The van der Waals surface area contributed by atoms with Gasteiger partial charge in [-0.05, 0) is 84.6 Å². The lowest BCUT2D eigenvalue weighted by Gasteiger charge is -2.14. The standard InChI is InChI=1S/C40H49N13O6.CH4/c1-8-52-29(17-23(3)47-52)37(56)45-39-43-27-19-25(35(41)54)21-31(58-7)33(27)50(39)14-10-11-15-51-34-28(20-26(36(42)55)22-32(34)59-16-12-13-49(5)6)44-40(51)46-38(57)30-18-24(4)48-53(30)9-2;/h10-11,17-22H,8-9,12-16H2,1-7H3,(H2,41,54)(H2,42,55)(H,43,45,56)(H,44,46,57);1H4/b11-10+;. The minimum absolute atomic E-state index is 0. The summed E-state index contributed by atoms with van der Waals surface area (Å²) in [6, 6.07) is 9.58. The average molecular weight is 824 g/mol. The highest BCUT2D eigenvalue weighted by atomic mass is 16.5. The van der Waals surface area contributed by atoms with Gasteiger partial charge in [0.1, 0.15) is 33.9 Å². The molecule has 0 radical (unpaired) electrons. The van der Waals surface area contributed by atoms with E-state index in [1.54, 1.807) is 49.7 Å². The molecular weight excluding hydrogens is 771 g/mol. The number of fused-ring (bicyclic) bond motifs is 2. The van der Waals surface area contributed by atoms with E-state index in [9.17, 15) is 19.2 Å². The summed E-state index contributed by atoms with van der Waals surface area (Å²) in [7, 11) is 5.40. The molecule has 0 unspecified atom stereocenters. The summed E-state index contributed by atoms with van der Waals surface area (Å²) in [5.41, 5.74) is 15.6. The van der Waals surface area contributed by atoms with Crippen molar-refractivity contribution in [3.63, 3.8) is 0 Å². The van der Waals surface area contributed by atoms with E-state index in [0.29, 0.717) is 82.5 Å². The van der Waals surface area contributed by atoms with Crippen LogP contribution in [-0.2, 0) is 26.2 Å². The number of nitrogens with one attached hydrogen (secondary N) is 2. The van der Waals surface area contributed by atoms with Crippen molar-refractivity contribution in [1.29, 1.82) is 0 Å². The number of benzene rings is 2. The zero-order chi connectivity index (χ0) is 42.5. The van der Waals surface area contributed by atoms with E-state index in [1.807, 2.05) is 51.9 Å². The van der Waals surface area contributed by atoms with Gasteiger partial charge in [0.2, 0.25) is 23.7 Å². The smallest absolute Gasteiger partial charge is 0.276 e. The van der Waals surface area contributed by atoms with Gasteiger partial charge in [0.25, 0.3) is 11.8 Å². The molecule has 0 aliphatic heterocycles. The van der Waals surface area contributed by atoms with Crippen LogP contribution in [0.15, 0.2) is 48.6 Å². The number of primary amides is 2. The molecular formula is C41H53N13O6. The van der Waals surface area contributed by atoms with E-state index >= 15 is 0 Å². The number of nitrogens with two attached hydrogens (primary N) is 2. The van der Waals surface area contributed by atoms with Crippen LogP contribution >= 0.6 is 0 Å². The van der Waals surface area contributed by atoms with E-state index in [-0.39, 0.29) is 43.5 Å². The van der Waals surface area contributed by atoms with E-state index in [4.69, 9.17) is 25.9 Å². The van der Waals surface area contributed by atoms with Gasteiger partial charge in [0.15, 0.2) is 0 Å². The summed E-state index contributed by atoms with van der Waals surface area (Å²) in [5.74, 6) is -1.11. The first kappa shape index (κ1) is 44.1. The van der Waals surface area contributed by atoms with Crippen molar-refractivity contribution >= 4 is 57.6 Å². The maximum Gasteiger partial charge on any atom is 0.276 e. The Kier molecular flexibility index (Phi) is 13.7. The highest BCUT2D eigenvalue weighted by Crippen LogP contribution is 2.33. The Morgan fingerprint density at radius 1 is 0.733 bits per heavy atom. The molecule has 0 fully saturated rings. The van der Waals surface area contributed by atoms with Crippen LogP contribution in [-0.4, -0.2) is 102 Å². The number of amides is 4. The number of rotatable bonds is 18. The molecule has 0 saturated carbocycles. The fourth-order valence-electron chi connectivity index (χ4n) is 6.75. The van der Waals surface area contributed by atoms with E-state index in [0.717, 1.165) is 6.54 Å². The quantitative estimate of drug-likeness (QED) is 0.0701. The zero-order valence-corrected chi connectivity index (χ0v) is 34.2. The number of aromatic nitrogens is 8. The molecule has 6 aromatic rings. The average Bonchev–Trinajstić information content (AvgIpc) is 3.96. The largest absolute Gasteiger partial charge is 0.494 e. The molecule has 0 spiro atoms. The van der Waals surface area contributed by atoms with Gasteiger partial charge < -0.3 is 35.0 Å². The molecule has 0 aliphatic rings. The number of imidazole rings is 2. The highest BCUT2D eigenvalue weighted by Gasteiger charge is 2.23. The number of ether oxygens (including phenoxy) is 2. The second kappa shape index (κ2) is 18.7. The number of hydrogen-bond acceptors (Lipinski definition) is 11. The van der Waals surface area contributed by atoms with Crippen molar-refractivity contribution in [2.45, 2.75) is 67.7 Å². The summed E-state index contributed by atoms with van der Waals surface area (Å²) >= 11 is 0. The number of aryl methyl sites for hydroxylation is 4. The van der Waals surface area contributed by atoms with E-state index in [1.165, 1.54) is 19.2 Å². The van der Waals surface area contributed by atoms with Crippen LogP contribution in [0.3, 0.4) is 0 Å². The zero-order valence-electron chi connectivity index (χ0n) is 34.2. The fraction of sp³-hybridized carbons (Fsp3) is 0.366. The molecule has 6 rings (SSSR count). The van der Waals surface area contributed by atoms with Gasteiger partial charge in [-0.1, -0.05) is 19.6 Å². The second-order valence-corrected chi connectivity index (χ2v) is 14.1. The normalized spacial score (nSPS) is 11.4. The lowest BCUT2D eigenvalue weighted by molar-refractivity contribution is 0.0991. The predicted octanol–water partition coefficient (Wildman–Crippen LogP) is 4.37. The third kappa shape index (κ3) is 9.31. The van der Waals surface area contributed by atoms with Crippen LogP contribution in [0, 0.1) is 13.8 Å². The Morgan fingerprint density at radius 2 is 1.18 bits per heavy atom. The Labute approximate surface area is 347 Å². The Balaban J connectivity index is 0.00000683. The van der Waals surface area contributed by atoms with Gasteiger partial charge in [-0.15, -0.1) is 0 Å². The van der Waals surface area contributed by atoms with Crippen LogP contribution in [0.5, 0.6) is 11.5 Å². The van der Waals surface area contributed by atoms with Crippen LogP contribution in [0.1, 0.15) is 80.8 Å². The molecule has 0 saturated heterocycles. The van der Waals surface area contributed by atoms with E-state index in [2.05, 4.69) is 25.8 Å². The third-order valence-corrected chi connectivity index (χ3v) is 9.47. The maximum atomic E-state index is 13.7. The van der Waals surface area contributed by atoms with Crippen LogP contribution in [0.25, 0.3) is 22.1 Å². The Bertz CT molecular complexity index is 2590. The molecule has 4 amide bonds. The van der Waals surface area contributed by atoms with Crippen molar-refractivity contribution in [2.24, 2.45) is 11.5 Å². The fourth-order valence-corrected chi connectivity index (χ4v) is 6.75. The third-order valence-electron chi connectivity index (χ3n) is 9.47. The molecule has 19 heteroatoms. The molecule has 4 aromatic heterocycles. The molecule has 2 aromatic carbocycles. The number of carbonyl (C=O) groups excluding carboxylic acids is 4. The Hall–Kier alpha value is -7.02. The molecule has 0 atom stereocenters. The molecule has 318 valence electrons. The summed E-state index contributed by atoms with van der Waals surface area (Å²) in [4.78, 5) is 63.5. The highest BCUT2D eigenvalue weighted by molar-refractivity contribution is 6.05.